The van der Waals surface area contributed by atoms with Crippen molar-refractivity contribution in [3.8, 4) is 0 Å². The minimum absolute atomic E-state index is 0.101. The van der Waals surface area contributed by atoms with Crippen LogP contribution in [-0.4, -0.2) is 36.6 Å². The van der Waals surface area contributed by atoms with Gasteiger partial charge in [-0.05, 0) is 13.3 Å². The van der Waals surface area contributed by atoms with Crippen molar-refractivity contribution in [2.45, 2.75) is 19.8 Å². The van der Waals surface area contributed by atoms with Gasteiger partial charge in [-0.1, -0.05) is 11.8 Å². The maximum absolute atomic E-state index is 10.9. The fourth-order valence-corrected chi connectivity index (χ4v) is 1.27. The Bertz CT molecular complexity index is 214. The number of carbonyl (C=O) groups excluding carboxylic acids is 1. The maximum atomic E-state index is 10.9. The third-order valence-corrected chi connectivity index (χ3v) is 2.22. The molecule has 0 fully saturated rings. The summed E-state index contributed by atoms with van der Waals surface area (Å²) in [5.74, 6) is 0.492. The third kappa shape index (κ3) is 11.3. The van der Waals surface area contributed by atoms with E-state index >= 15 is 0 Å². The van der Waals surface area contributed by atoms with Crippen LogP contribution >= 0.6 is 11.8 Å². The smallest absolute Gasteiger partial charge is 0.305 e. The lowest BCUT2D eigenvalue weighted by atomic mass is 10.3. The first-order valence-electron chi connectivity index (χ1n) is 5.14. The summed E-state index contributed by atoms with van der Waals surface area (Å²) >= 11 is 1.25. The predicted molar refractivity (Wildman–Crippen MR) is 64.2 cm³/mol. The second-order valence-electron chi connectivity index (χ2n) is 2.86. The number of nitrogens with two attached hydrogens (primary N) is 1. The molecule has 7 heteroatoms. The van der Waals surface area contributed by atoms with Crippen LogP contribution in [0.5, 0.6) is 0 Å². The van der Waals surface area contributed by atoms with Crippen LogP contribution in [0.4, 0.5) is 0 Å². The SMILES string of the molecule is CCOC(=O)CCCONCCSC(=N)N. The largest absolute Gasteiger partial charge is 0.466 e. The minimum Gasteiger partial charge on any atom is -0.466 e. The number of carbonyl (C=O) groups is 1. The highest BCUT2D eigenvalue weighted by molar-refractivity contribution is 8.13. The number of ether oxygens (including phenoxy) is 1. The summed E-state index contributed by atoms with van der Waals surface area (Å²) in [5, 5.41) is 7.05. The van der Waals surface area contributed by atoms with E-state index < -0.39 is 0 Å². The van der Waals surface area contributed by atoms with Crippen molar-refractivity contribution < 1.29 is 14.4 Å². The van der Waals surface area contributed by atoms with Gasteiger partial charge in [0.05, 0.1) is 13.2 Å². The highest BCUT2D eigenvalue weighted by Gasteiger charge is 2.00. The molecule has 0 unspecified atom stereocenters. The van der Waals surface area contributed by atoms with Gasteiger partial charge in [0.2, 0.25) is 0 Å². The van der Waals surface area contributed by atoms with E-state index in [-0.39, 0.29) is 11.1 Å². The van der Waals surface area contributed by atoms with E-state index in [4.69, 9.17) is 20.7 Å². The minimum atomic E-state index is -0.196. The zero-order valence-corrected chi connectivity index (χ0v) is 10.3. The quantitative estimate of drug-likeness (QED) is 0.181. The average Bonchev–Trinajstić information content (AvgIpc) is 2.22. The molecule has 0 spiro atoms. The van der Waals surface area contributed by atoms with Gasteiger partial charge in [0, 0.05) is 18.7 Å². The first kappa shape index (κ1) is 15.2. The molecule has 0 aromatic heterocycles. The number of esters is 1. The van der Waals surface area contributed by atoms with Gasteiger partial charge in [-0.25, -0.2) is 5.48 Å². The Hall–Kier alpha value is -0.790. The van der Waals surface area contributed by atoms with Crippen LogP contribution in [0.2, 0.25) is 0 Å². The Morgan fingerprint density at radius 3 is 2.94 bits per heavy atom. The van der Waals surface area contributed by atoms with Gasteiger partial charge in [-0.2, -0.15) is 0 Å². The Morgan fingerprint density at radius 1 is 1.56 bits per heavy atom. The molecule has 0 saturated heterocycles. The normalized spacial score (nSPS) is 10.1. The van der Waals surface area contributed by atoms with Gasteiger partial charge < -0.3 is 15.3 Å². The van der Waals surface area contributed by atoms with Gasteiger partial charge >= 0.3 is 5.97 Å². The molecule has 0 rings (SSSR count). The van der Waals surface area contributed by atoms with Gasteiger partial charge in [0.25, 0.3) is 0 Å². The van der Waals surface area contributed by atoms with E-state index in [1.54, 1.807) is 6.92 Å². The molecule has 0 aliphatic heterocycles. The summed E-state index contributed by atoms with van der Waals surface area (Å²) in [7, 11) is 0. The number of nitrogens with one attached hydrogen (secondary N) is 2. The molecule has 0 saturated carbocycles. The zero-order chi connectivity index (χ0) is 12.2. The molecule has 0 aromatic carbocycles. The van der Waals surface area contributed by atoms with Crippen LogP contribution in [0.1, 0.15) is 19.8 Å². The lowest BCUT2D eigenvalue weighted by molar-refractivity contribution is -0.143. The molecule has 0 aliphatic carbocycles. The van der Waals surface area contributed by atoms with Crippen molar-refractivity contribution >= 4 is 22.9 Å². The molecular weight excluding hydrogens is 230 g/mol. The Morgan fingerprint density at radius 2 is 2.31 bits per heavy atom. The molecule has 0 radical (unpaired) electrons. The third-order valence-electron chi connectivity index (χ3n) is 1.50. The number of thioether (sulfide) groups is 1. The molecule has 0 aliphatic rings. The molecule has 6 nitrogen and oxygen atoms in total. The van der Waals surface area contributed by atoms with E-state index in [0.29, 0.717) is 38.4 Å². The zero-order valence-electron chi connectivity index (χ0n) is 9.45. The fraction of sp³-hybridized carbons (Fsp3) is 0.778. The first-order valence-corrected chi connectivity index (χ1v) is 6.12. The van der Waals surface area contributed by atoms with Crippen LogP contribution in [-0.2, 0) is 14.4 Å². The number of amidine groups is 1. The summed E-state index contributed by atoms with van der Waals surface area (Å²) in [5.41, 5.74) is 7.86. The van der Waals surface area contributed by atoms with Gasteiger partial charge in [-0.3, -0.25) is 10.2 Å². The highest BCUT2D eigenvalue weighted by Crippen LogP contribution is 1.95. The van der Waals surface area contributed by atoms with Crippen LogP contribution < -0.4 is 11.2 Å². The number of rotatable bonds is 9. The summed E-state index contributed by atoms with van der Waals surface area (Å²) in [6.45, 7) is 3.27. The molecule has 0 aromatic rings. The molecular formula is C9H19N3O3S. The lowest BCUT2D eigenvalue weighted by Crippen LogP contribution is -2.20. The predicted octanol–water partition coefficient (Wildman–Crippen LogP) is 0.478. The van der Waals surface area contributed by atoms with Crippen molar-refractivity contribution in [3.05, 3.63) is 0 Å². The van der Waals surface area contributed by atoms with Crippen molar-refractivity contribution in [2.24, 2.45) is 5.73 Å². The Balaban J connectivity index is 3.09. The van der Waals surface area contributed by atoms with E-state index in [1.165, 1.54) is 11.8 Å². The average molecular weight is 249 g/mol. The standard InChI is InChI=1S/C9H19N3O3S/c1-2-14-8(13)4-3-6-15-12-5-7-16-9(10)11/h12H,2-7H2,1H3,(H3,10,11). The Labute approximate surface area is 99.7 Å². The molecule has 4 N–H and O–H groups in total. The van der Waals surface area contributed by atoms with E-state index in [0.717, 1.165) is 0 Å². The van der Waals surface area contributed by atoms with E-state index in [1.807, 2.05) is 0 Å². The number of hydrogen-bond donors (Lipinski definition) is 3. The topological polar surface area (TPSA) is 97.4 Å². The molecule has 0 heterocycles. The van der Waals surface area contributed by atoms with Crippen molar-refractivity contribution in [3.63, 3.8) is 0 Å². The summed E-state index contributed by atoms with van der Waals surface area (Å²) in [4.78, 5) is 16.0. The van der Waals surface area contributed by atoms with Gasteiger partial charge in [0.1, 0.15) is 0 Å². The highest BCUT2D eigenvalue weighted by atomic mass is 32.2. The molecule has 94 valence electrons. The van der Waals surface area contributed by atoms with Crippen molar-refractivity contribution in [2.75, 3.05) is 25.5 Å². The Kier molecular flexibility index (Phi) is 10.2. The monoisotopic (exact) mass is 249 g/mol. The fourth-order valence-electron chi connectivity index (χ4n) is 0.869. The van der Waals surface area contributed by atoms with E-state index in [9.17, 15) is 4.79 Å². The molecule has 0 bridgehead atoms. The van der Waals surface area contributed by atoms with Crippen LogP contribution in [0, 0.1) is 5.41 Å². The number of hydroxylamine groups is 1. The summed E-state index contributed by atoms with van der Waals surface area (Å²) in [6.07, 6.45) is 1.00. The van der Waals surface area contributed by atoms with Gasteiger partial charge in [0.15, 0.2) is 5.17 Å². The lowest BCUT2D eigenvalue weighted by Gasteiger charge is -2.05. The number of hydrogen-bond acceptors (Lipinski definition) is 6. The second kappa shape index (κ2) is 10.7. The van der Waals surface area contributed by atoms with Crippen molar-refractivity contribution in [1.82, 2.24) is 5.48 Å². The van der Waals surface area contributed by atoms with E-state index in [2.05, 4.69) is 5.48 Å². The van der Waals surface area contributed by atoms with Crippen LogP contribution in [0.3, 0.4) is 0 Å². The maximum Gasteiger partial charge on any atom is 0.305 e. The summed E-state index contributed by atoms with van der Waals surface area (Å²) in [6, 6.07) is 0. The second-order valence-corrected chi connectivity index (χ2v) is 4.00. The first-order chi connectivity index (χ1) is 7.66. The summed E-state index contributed by atoms with van der Waals surface area (Å²) < 4.78 is 4.76. The van der Waals surface area contributed by atoms with Crippen LogP contribution in [0.25, 0.3) is 0 Å². The molecule has 0 amide bonds. The van der Waals surface area contributed by atoms with Gasteiger partial charge in [-0.15, -0.1) is 0 Å². The molecule has 16 heavy (non-hydrogen) atoms. The van der Waals surface area contributed by atoms with Crippen molar-refractivity contribution in [1.29, 1.82) is 5.41 Å². The molecule has 0 atom stereocenters. The van der Waals surface area contributed by atoms with Crippen LogP contribution in [0.15, 0.2) is 0 Å².